The molecule has 1 aromatic carbocycles. The van der Waals surface area contributed by atoms with Crippen molar-refractivity contribution in [3.8, 4) is 0 Å². The fraction of sp³-hybridized carbons (Fsp3) is 0.500. The molecule has 1 aliphatic rings. The van der Waals surface area contributed by atoms with Crippen molar-refractivity contribution in [1.82, 2.24) is 4.90 Å². The van der Waals surface area contributed by atoms with Crippen molar-refractivity contribution >= 4 is 11.9 Å². The van der Waals surface area contributed by atoms with Crippen LogP contribution in [0.4, 0.5) is 4.53 Å². The fourth-order valence-electron chi connectivity index (χ4n) is 2.52. The van der Waals surface area contributed by atoms with E-state index in [9.17, 15) is 14.1 Å². The van der Waals surface area contributed by atoms with Crippen LogP contribution >= 0.6 is 0 Å². The molecule has 0 spiro atoms. The van der Waals surface area contributed by atoms with E-state index in [1.54, 1.807) is 6.92 Å². The zero-order valence-corrected chi connectivity index (χ0v) is 13.0. The molecule has 0 amide bonds. The maximum absolute atomic E-state index is 12.2. The number of hydrogen-bond acceptors (Lipinski definition) is 6. The van der Waals surface area contributed by atoms with Gasteiger partial charge in [-0.25, -0.2) is 4.79 Å². The summed E-state index contributed by atoms with van der Waals surface area (Å²) in [6, 6.07) is 9.73. The molecular weight excluding hydrogens is 305 g/mol. The van der Waals surface area contributed by atoms with E-state index in [-0.39, 0.29) is 19.7 Å². The lowest BCUT2D eigenvalue weighted by Gasteiger charge is -2.44. The predicted molar refractivity (Wildman–Crippen MR) is 78.8 cm³/mol. The van der Waals surface area contributed by atoms with E-state index in [2.05, 4.69) is 4.94 Å². The highest BCUT2D eigenvalue weighted by molar-refractivity contribution is 6.01. The summed E-state index contributed by atoms with van der Waals surface area (Å²) in [6.45, 7) is 3.36. The highest BCUT2D eigenvalue weighted by Crippen LogP contribution is 2.33. The maximum Gasteiger partial charge on any atom is 0.368 e. The quantitative estimate of drug-likeness (QED) is 0.410. The lowest BCUT2D eigenvalue weighted by atomic mass is 9.80. The molecule has 1 aliphatic heterocycles. The van der Waals surface area contributed by atoms with Crippen LogP contribution in [0.2, 0.25) is 0 Å². The zero-order valence-electron chi connectivity index (χ0n) is 13.0. The Balaban J connectivity index is 1.75. The molecule has 1 heterocycles. The van der Waals surface area contributed by atoms with Gasteiger partial charge < -0.3 is 9.47 Å². The average Bonchev–Trinajstić information content (AvgIpc) is 2.53. The first-order valence-electron chi connectivity index (χ1n) is 7.46. The van der Waals surface area contributed by atoms with Crippen molar-refractivity contribution in [2.24, 2.45) is 5.41 Å². The number of halogens is 1. The molecule has 0 bridgehead atoms. The number of nitrogens with zero attached hydrogens (tertiary/aromatic N) is 1. The van der Waals surface area contributed by atoms with E-state index in [4.69, 9.17) is 9.47 Å². The van der Waals surface area contributed by atoms with Gasteiger partial charge in [-0.3, -0.25) is 14.6 Å². The van der Waals surface area contributed by atoms with Gasteiger partial charge in [-0.05, 0) is 12.5 Å². The number of carbonyl (C=O) groups is 2. The van der Waals surface area contributed by atoms with Gasteiger partial charge in [-0.15, -0.1) is 0 Å². The minimum atomic E-state index is -1.55. The third-order valence-electron chi connectivity index (χ3n) is 3.78. The number of benzene rings is 1. The molecule has 23 heavy (non-hydrogen) atoms. The summed E-state index contributed by atoms with van der Waals surface area (Å²) in [5, 5.41) is 0. The third-order valence-corrected chi connectivity index (χ3v) is 3.78. The molecule has 0 N–H and O–H groups in total. The smallest absolute Gasteiger partial charge is 0.368 e. The highest BCUT2D eigenvalue weighted by atomic mass is 19.3. The van der Waals surface area contributed by atoms with E-state index >= 15 is 0 Å². The van der Waals surface area contributed by atoms with Gasteiger partial charge in [0.15, 0.2) is 5.41 Å². The van der Waals surface area contributed by atoms with Gasteiger partial charge in [0.1, 0.15) is 0 Å². The second-order valence-corrected chi connectivity index (χ2v) is 5.42. The van der Waals surface area contributed by atoms with E-state index in [0.717, 1.165) is 5.56 Å². The van der Waals surface area contributed by atoms with Crippen LogP contribution in [-0.2, 0) is 30.6 Å². The number of likely N-dealkylation sites (tertiary alicyclic amines) is 1. The third kappa shape index (κ3) is 4.05. The molecule has 0 unspecified atom stereocenters. The van der Waals surface area contributed by atoms with Crippen LogP contribution in [0.15, 0.2) is 30.3 Å². The molecule has 0 aromatic heterocycles. The SMILES string of the molecule is CCOC(=O)C1(C(=O)OF)CN(CCOCc2ccccc2)C1. The lowest BCUT2D eigenvalue weighted by Crippen LogP contribution is -2.65. The molecule has 7 heteroatoms. The Bertz CT molecular complexity index is 531. The average molecular weight is 325 g/mol. The molecule has 1 saturated heterocycles. The Labute approximate surface area is 134 Å². The van der Waals surface area contributed by atoms with Crippen molar-refractivity contribution in [3.63, 3.8) is 0 Å². The van der Waals surface area contributed by atoms with Crippen LogP contribution in [0.3, 0.4) is 0 Å². The van der Waals surface area contributed by atoms with Crippen molar-refractivity contribution in [2.45, 2.75) is 13.5 Å². The molecule has 0 saturated carbocycles. The second kappa shape index (κ2) is 8.03. The van der Waals surface area contributed by atoms with Gasteiger partial charge in [0.05, 0.1) is 19.8 Å². The van der Waals surface area contributed by atoms with Crippen LogP contribution in [-0.4, -0.2) is 49.7 Å². The summed E-state index contributed by atoms with van der Waals surface area (Å²) in [7, 11) is 0. The van der Waals surface area contributed by atoms with Crippen molar-refractivity contribution in [1.29, 1.82) is 0 Å². The standard InChI is InChI=1S/C16H20FNO5/c1-2-22-14(19)16(15(20)23-17)11-18(12-16)8-9-21-10-13-6-4-3-5-7-13/h3-7H,2,8-12H2,1H3. The van der Waals surface area contributed by atoms with E-state index in [1.807, 2.05) is 35.2 Å². The Morgan fingerprint density at radius 2 is 1.91 bits per heavy atom. The van der Waals surface area contributed by atoms with Gasteiger partial charge in [0.2, 0.25) is 0 Å². The van der Waals surface area contributed by atoms with Gasteiger partial charge in [0, 0.05) is 24.2 Å². The Hall–Kier alpha value is -1.99. The highest BCUT2D eigenvalue weighted by Gasteiger charge is 2.58. The first kappa shape index (κ1) is 17.4. The summed E-state index contributed by atoms with van der Waals surface area (Å²) in [5.74, 6) is -1.94. The van der Waals surface area contributed by atoms with Crippen LogP contribution in [0.1, 0.15) is 12.5 Å². The van der Waals surface area contributed by atoms with Crippen LogP contribution < -0.4 is 0 Å². The summed E-state index contributed by atoms with van der Waals surface area (Å²) in [5.41, 5.74) is -0.484. The van der Waals surface area contributed by atoms with Crippen LogP contribution in [0.5, 0.6) is 0 Å². The number of hydrogen-bond donors (Lipinski definition) is 0. The summed E-state index contributed by atoms with van der Waals surface area (Å²) in [6.07, 6.45) is 0. The maximum atomic E-state index is 12.2. The van der Waals surface area contributed by atoms with Gasteiger partial charge in [0.25, 0.3) is 0 Å². The van der Waals surface area contributed by atoms with Gasteiger partial charge >= 0.3 is 11.9 Å². The molecule has 126 valence electrons. The summed E-state index contributed by atoms with van der Waals surface area (Å²) >= 11 is 0. The lowest BCUT2D eigenvalue weighted by molar-refractivity contribution is -0.214. The largest absolute Gasteiger partial charge is 0.465 e. The molecule has 1 fully saturated rings. The summed E-state index contributed by atoms with van der Waals surface area (Å²) in [4.78, 5) is 28.5. The molecule has 2 rings (SSSR count). The van der Waals surface area contributed by atoms with Crippen molar-refractivity contribution in [3.05, 3.63) is 35.9 Å². The van der Waals surface area contributed by atoms with Crippen LogP contribution in [0, 0.1) is 5.41 Å². The van der Waals surface area contributed by atoms with E-state index < -0.39 is 17.4 Å². The normalized spacial score (nSPS) is 16.4. The molecular formula is C16H20FNO5. The summed E-state index contributed by atoms with van der Waals surface area (Å²) < 4.78 is 22.6. The number of carbonyl (C=O) groups excluding carboxylic acids is 2. The molecule has 1 aromatic rings. The number of rotatable bonds is 8. The predicted octanol–water partition coefficient (Wildman–Crippen LogP) is 1.50. The minimum Gasteiger partial charge on any atom is -0.465 e. The monoisotopic (exact) mass is 325 g/mol. The number of esters is 1. The van der Waals surface area contributed by atoms with Crippen LogP contribution in [0.25, 0.3) is 0 Å². The zero-order chi connectivity index (χ0) is 16.7. The first-order valence-corrected chi connectivity index (χ1v) is 7.46. The topological polar surface area (TPSA) is 65.1 Å². The molecule has 0 radical (unpaired) electrons. The van der Waals surface area contributed by atoms with E-state index in [0.29, 0.717) is 19.8 Å². The molecule has 6 nitrogen and oxygen atoms in total. The van der Waals surface area contributed by atoms with Crippen molar-refractivity contribution < 1.29 is 28.5 Å². The first-order chi connectivity index (χ1) is 11.1. The Morgan fingerprint density at radius 3 is 2.52 bits per heavy atom. The second-order valence-electron chi connectivity index (χ2n) is 5.42. The van der Waals surface area contributed by atoms with Gasteiger partial charge in [-0.2, -0.15) is 0 Å². The number of ether oxygens (including phenoxy) is 2. The fourth-order valence-corrected chi connectivity index (χ4v) is 2.52. The molecule has 0 atom stereocenters. The van der Waals surface area contributed by atoms with E-state index in [1.165, 1.54) is 0 Å². The molecule has 0 aliphatic carbocycles. The minimum absolute atomic E-state index is 0.0727. The van der Waals surface area contributed by atoms with Gasteiger partial charge in [-0.1, -0.05) is 30.3 Å². The Kier molecular flexibility index (Phi) is 6.06. The Morgan fingerprint density at radius 1 is 1.22 bits per heavy atom. The van der Waals surface area contributed by atoms with Crippen molar-refractivity contribution in [2.75, 3.05) is 32.8 Å².